The number of fused-ring (bicyclic) bond motifs is 2. The minimum absolute atomic E-state index is 0.0694. The summed E-state index contributed by atoms with van der Waals surface area (Å²) < 4.78 is 16.0. The highest BCUT2D eigenvalue weighted by atomic mass is 16.5. The predicted molar refractivity (Wildman–Crippen MR) is 80.1 cm³/mol. The molecule has 3 aromatic rings. The molecule has 2 heterocycles. The first kappa shape index (κ1) is 14.6. The fourth-order valence-electron chi connectivity index (χ4n) is 2.05. The maximum Gasteiger partial charge on any atom is 0.336 e. The van der Waals surface area contributed by atoms with Crippen LogP contribution in [0.15, 0.2) is 44.2 Å². The summed E-state index contributed by atoms with van der Waals surface area (Å²) in [6.45, 7) is 2.94. The zero-order valence-corrected chi connectivity index (χ0v) is 12.2. The van der Waals surface area contributed by atoms with Gasteiger partial charge in [-0.05, 0) is 26.0 Å². The number of aliphatic hydroxyl groups is 2. The zero-order chi connectivity index (χ0) is 15.9. The van der Waals surface area contributed by atoms with E-state index in [1.54, 1.807) is 18.2 Å². The highest BCUT2D eigenvalue weighted by Gasteiger charge is 2.25. The van der Waals surface area contributed by atoms with E-state index in [9.17, 15) is 15.0 Å². The van der Waals surface area contributed by atoms with Gasteiger partial charge in [-0.1, -0.05) is 0 Å². The van der Waals surface area contributed by atoms with E-state index in [4.69, 9.17) is 13.6 Å². The lowest BCUT2D eigenvalue weighted by atomic mass is 10.0. The Hall–Kier alpha value is -2.31. The largest absolute Gasteiger partial charge is 0.487 e. The molecule has 22 heavy (non-hydrogen) atoms. The number of ether oxygens (including phenoxy) is 1. The van der Waals surface area contributed by atoms with E-state index in [1.165, 1.54) is 26.2 Å². The smallest absolute Gasteiger partial charge is 0.336 e. The molecule has 1 atom stereocenters. The summed E-state index contributed by atoms with van der Waals surface area (Å²) in [5.41, 5.74) is -0.745. The van der Waals surface area contributed by atoms with Crippen LogP contribution in [-0.2, 0) is 0 Å². The Kier molecular flexibility index (Phi) is 3.42. The summed E-state index contributed by atoms with van der Waals surface area (Å²) in [7, 11) is 0. The van der Waals surface area contributed by atoms with Crippen LogP contribution in [-0.4, -0.2) is 28.5 Å². The van der Waals surface area contributed by atoms with Crippen LogP contribution in [0.3, 0.4) is 0 Å². The van der Waals surface area contributed by atoms with E-state index in [2.05, 4.69) is 0 Å². The first-order chi connectivity index (χ1) is 10.3. The first-order valence-corrected chi connectivity index (χ1v) is 6.83. The van der Waals surface area contributed by atoms with Crippen LogP contribution in [0.25, 0.3) is 21.9 Å². The van der Waals surface area contributed by atoms with Gasteiger partial charge in [0.25, 0.3) is 0 Å². The molecule has 0 aliphatic carbocycles. The number of rotatable bonds is 4. The van der Waals surface area contributed by atoms with E-state index in [0.717, 1.165) is 5.39 Å². The van der Waals surface area contributed by atoms with Crippen molar-refractivity contribution in [3.63, 3.8) is 0 Å². The average molecular weight is 304 g/mol. The van der Waals surface area contributed by atoms with Gasteiger partial charge in [-0.3, -0.25) is 0 Å². The summed E-state index contributed by atoms with van der Waals surface area (Å²) in [6, 6.07) is 6.39. The second-order valence-corrected chi connectivity index (χ2v) is 5.72. The molecule has 1 aromatic carbocycles. The van der Waals surface area contributed by atoms with E-state index in [-0.39, 0.29) is 6.61 Å². The van der Waals surface area contributed by atoms with Gasteiger partial charge in [-0.2, -0.15) is 0 Å². The third-order valence-electron chi connectivity index (χ3n) is 3.49. The normalized spacial score (nSPS) is 13.6. The van der Waals surface area contributed by atoms with Crippen molar-refractivity contribution in [1.82, 2.24) is 0 Å². The molecule has 1 unspecified atom stereocenters. The van der Waals surface area contributed by atoms with Gasteiger partial charge < -0.3 is 23.8 Å². The van der Waals surface area contributed by atoms with Crippen LogP contribution < -0.4 is 10.4 Å². The van der Waals surface area contributed by atoms with Gasteiger partial charge in [0, 0.05) is 17.5 Å². The van der Waals surface area contributed by atoms with Crippen molar-refractivity contribution in [2.24, 2.45) is 0 Å². The average Bonchev–Trinajstić information content (AvgIpc) is 2.83. The van der Waals surface area contributed by atoms with Gasteiger partial charge >= 0.3 is 5.63 Å². The Bertz CT molecular complexity index is 868. The van der Waals surface area contributed by atoms with Crippen molar-refractivity contribution in [3.8, 4) is 5.75 Å². The van der Waals surface area contributed by atoms with Crippen molar-refractivity contribution in [2.45, 2.75) is 25.6 Å². The molecule has 0 aliphatic rings. The predicted octanol–water partition coefficient (Wildman–Crippen LogP) is 2.05. The molecule has 2 aromatic heterocycles. The van der Waals surface area contributed by atoms with Crippen molar-refractivity contribution in [2.75, 3.05) is 6.61 Å². The Balaban J connectivity index is 1.94. The lowest BCUT2D eigenvalue weighted by Gasteiger charge is -2.24. The number of hydrogen-bond acceptors (Lipinski definition) is 6. The highest BCUT2D eigenvalue weighted by Crippen LogP contribution is 2.31. The second kappa shape index (κ2) is 5.15. The maximum absolute atomic E-state index is 11.2. The molecule has 0 aliphatic heterocycles. The molecule has 6 nitrogen and oxygen atoms in total. The molecule has 116 valence electrons. The van der Waals surface area contributed by atoms with Crippen LogP contribution in [0.5, 0.6) is 5.75 Å². The number of hydrogen-bond donors (Lipinski definition) is 2. The van der Waals surface area contributed by atoms with Crippen molar-refractivity contribution >= 4 is 21.9 Å². The first-order valence-electron chi connectivity index (χ1n) is 6.83. The Morgan fingerprint density at radius 3 is 2.77 bits per heavy atom. The Morgan fingerprint density at radius 1 is 1.27 bits per heavy atom. The van der Waals surface area contributed by atoms with Gasteiger partial charge in [0.2, 0.25) is 0 Å². The van der Waals surface area contributed by atoms with Crippen molar-refractivity contribution in [1.29, 1.82) is 0 Å². The number of aliphatic hydroxyl groups excluding tert-OH is 1. The Labute approximate surface area is 125 Å². The third kappa shape index (κ3) is 2.70. The lowest BCUT2D eigenvalue weighted by molar-refractivity contribution is -0.0660. The van der Waals surface area contributed by atoms with Crippen molar-refractivity contribution < 1.29 is 23.8 Å². The van der Waals surface area contributed by atoms with Crippen LogP contribution in [0, 0.1) is 0 Å². The summed E-state index contributed by atoms with van der Waals surface area (Å²) >= 11 is 0. The molecule has 0 saturated heterocycles. The van der Waals surface area contributed by atoms with Gasteiger partial charge in [-0.15, -0.1) is 0 Å². The monoisotopic (exact) mass is 304 g/mol. The van der Waals surface area contributed by atoms with E-state index in [0.29, 0.717) is 22.3 Å². The van der Waals surface area contributed by atoms with E-state index >= 15 is 0 Å². The molecule has 0 spiro atoms. The summed E-state index contributed by atoms with van der Waals surface area (Å²) in [5, 5.41) is 20.9. The molecular formula is C16H16O6. The molecule has 2 N–H and O–H groups in total. The van der Waals surface area contributed by atoms with Crippen LogP contribution >= 0.6 is 0 Å². The maximum atomic E-state index is 11.2. The molecule has 3 rings (SSSR count). The van der Waals surface area contributed by atoms with E-state index in [1.807, 2.05) is 0 Å². The third-order valence-corrected chi connectivity index (χ3v) is 3.49. The van der Waals surface area contributed by atoms with Crippen LogP contribution in [0.4, 0.5) is 0 Å². The standard InChI is InChI=1S/C16H16O6/c1-16(2,19)14(17)8-21-13-7-20-12-6-11-9(5-10(12)13)3-4-15(18)22-11/h3-7,14,17,19H,8H2,1-2H3. The summed E-state index contributed by atoms with van der Waals surface area (Å²) in [5.74, 6) is 0.450. The minimum atomic E-state index is -1.25. The second-order valence-electron chi connectivity index (χ2n) is 5.72. The van der Waals surface area contributed by atoms with Gasteiger partial charge in [0.05, 0.1) is 11.0 Å². The molecule has 0 amide bonds. The van der Waals surface area contributed by atoms with Gasteiger partial charge in [0.1, 0.15) is 30.1 Å². The summed E-state index contributed by atoms with van der Waals surface area (Å²) in [6.07, 6.45) is 0.384. The molecule has 0 radical (unpaired) electrons. The molecule has 0 fully saturated rings. The molecule has 0 bridgehead atoms. The van der Waals surface area contributed by atoms with Gasteiger partial charge in [-0.25, -0.2) is 4.79 Å². The fourth-order valence-corrected chi connectivity index (χ4v) is 2.05. The number of furan rings is 1. The van der Waals surface area contributed by atoms with Crippen molar-refractivity contribution in [3.05, 3.63) is 40.9 Å². The topological polar surface area (TPSA) is 93.0 Å². The SMILES string of the molecule is CC(C)(O)C(O)COc1coc2cc3oc(=O)ccc3cc12. The van der Waals surface area contributed by atoms with Gasteiger partial charge in [0.15, 0.2) is 5.75 Å². The van der Waals surface area contributed by atoms with Crippen LogP contribution in [0.1, 0.15) is 13.8 Å². The zero-order valence-electron chi connectivity index (χ0n) is 12.2. The molecule has 6 heteroatoms. The molecular weight excluding hydrogens is 288 g/mol. The number of benzene rings is 1. The fraction of sp³-hybridized carbons (Fsp3) is 0.312. The Morgan fingerprint density at radius 2 is 2.05 bits per heavy atom. The summed E-state index contributed by atoms with van der Waals surface area (Å²) in [4.78, 5) is 11.2. The highest BCUT2D eigenvalue weighted by molar-refractivity contribution is 5.96. The molecule has 0 saturated carbocycles. The lowest BCUT2D eigenvalue weighted by Crippen LogP contribution is -2.40. The van der Waals surface area contributed by atoms with Crippen LogP contribution in [0.2, 0.25) is 0 Å². The minimum Gasteiger partial charge on any atom is -0.487 e. The van der Waals surface area contributed by atoms with E-state index < -0.39 is 17.3 Å². The quantitative estimate of drug-likeness (QED) is 0.717.